The molecule has 0 N–H and O–H groups in total. The molecule has 14 heavy (non-hydrogen) atoms. The van der Waals surface area contributed by atoms with Gasteiger partial charge < -0.3 is 0 Å². The fourth-order valence-corrected chi connectivity index (χ4v) is 2.58. The van der Waals surface area contributed by atoms with E-state index in [9.17, 15) is 4.79 Å². The van der Waals surface area contributed by atoms with Crippen LogP contribution in [-0.2, 0) is 0 Å². The lowest BCUT2D eigenvalue weighted by Crippen LogP contribution is -1.77. The summed E-state index contributed by atoms with van der Waals surface area (Å²) in [5.41, 5.74) is 0.607. The molecule has 0 saturated carbocycles. The Morgan fingerprint density at radius 1 is 1.50 bits per heavy atom. The fraction of sp³-hybridized carbons (Fsp3) is 0. The van der Waals surface area contributed by atoms with Gasteiger partial charge in [0.1, 0.15) is 17.2 Å². The number of thiophene rings is 1. The quantitative estimate of drug-likeness (QED) is 0.592. The van der Waals surface area contributed by atoms with Gasteiger partial charge in [-0.05, 0) is 12.1 Å². The van der Waals surface area contributed by atoms with Gasteiger partial charge >= 0.3 is 0 Å². The Balaban J connectivity index is 2.82. The molecular weight excluding hydrogens is 214 g/mol. The zero-order chi connectivity index (χ0) is 10.1. The molecule has 1 heterocycles. The van der Waals surface area contributed by atoms with Crippen molar-refractivity contribution < 1.29 is 4.79 Å². The molecular formula is C10H5NOS2. The zero-order valence-electron chi connectivity index (χ0n) is 7.02. The van der Waals surface area contributed by atoms with Crippen LogP contribution in [0.3, 0.4) is 0 Å². The van der Waals surface area contributed by atoms with Gasteiger partial charge in [0.2, 0.25) is 0 Å². The van der Waals surface area contributed by atoms with E-state index in [-0.39, 0.29) is 0 Å². The van der Waals surface area contributed by atoms with Crippen LogP contribution in [0.2, 0.25) is 0 Å². The SMILES string of the molecule is N#Cc1sc2ccc(C=O)cc2c1S. The van der Waals surface area contributed by atoms with Crippen LogP contribution < -0.4 is 0 Å². The van der Waals surface area contributed by atoms with E-state index in [1.807, 2.05) is 6.07 Å². The van der Waals surface area contributed by atoms with Crippen LogP contribution in [0.4, 0.5) is 0 Å². The van der Waals surface area contributed by atoms with Crippen molar-refractivity contribution in [3.8, 4) is 6.07 Å². The molecule has 0 aliphatic rings. The molecule has 0 unspecified atom stereocenters. The molecule has 0 radical (unpaired) electrons. The Hall–Kier alpha value is -1.31. The van der Waals surface area contributed by atoms with Gasteiger partial charge in [-0.3, -0.25) is 4.79 Å². The Morgan fingerprint density at radius 2 is 2.29 bits per heavy atom. The fourth-order valence-electron chi connectivity index (χ4n) is 1.25. The molecule has 2 aromatic rings. The number of nitriles is 1. The maximum absolute atomic E-state index is 10.6. The third kappa shape index (κ3) is 1.31. The first kappa shape index (κ1) is 9.25. The molecule has 0 spiro atoms. The Kier molecular flexibility index (Phi) is 2.28. The summed E-state index contributed by atoms with van der Waals surface area (Å²) in [5, 5.41) is 9.66. The number of nitrogens with zero attached hydrogens (tertiary/aromatic N) is 1. The number of carbonyl (C=O) groups is 1. The second-order valence-electron chi connectivity index (χ2n) is 2.77. The molecule has 0 amide bonds. The van der Waals surface area contributed by atoms with Crippen LogP contribution in [0, 0.1) is 11.3 Å². The molecule has 1 aromatic carbocycles. The summed E-state index contributed by atoms with van der Waals surface area (Å²) < 4.78 is 0.983. The van der Waals surface area contributed by atoms with Gasteiger partial charge in [-0.25, -0.2) is 0 Å². The van der Waals surface area contributed by atoms with Crippen LogP contribution in [0.15, 0.2) is 23.1 Å². The van der Waals surface area contributed by atoms with E-state index < -0.39 is 0 Å². The molecule has 0 aliphatic carbocycles. The van der Waals surface area contributed by atoms with Crippen molar-refractivity contribution in [2.24, 2.45) is 0 Å². The van der Waals surface area contributed by atoms with Gasteiger partial charge in [-0.2, -0.15) is 5.26 Å². The van der Waals surface area contributed by atoms with Crippen molar-refractivity contribution in [3.63, 3.8) is 0 Å². The average molecular weight is 219 g/mol. The summed E-state index contributed by atoms with van der Waals surface area (Å²) in [4.78, 5) is 11.8. The third-order valence-electron chi connectivity index (χ3n) is 1.92. The van der Waals surface area contributed by atoms with Crippen molar-refractivity contribution in [1.82, 2.24) is 0 Å². The summed E-state index contributed by atoms with van der Waals surface area (Å²) in [6, 6.07) is 7.40. The van der Waals surface area contributed by atoms with Crippen molar-refractivity contribution in [2.75, 3.05) is 0 Å². The van der Waals surface area contributed by atoms with Crippen molar-refractivity contribution in [2.45, 2.75) is 4.90 Å². The van der Waals surface area contributed by atoms with Crippen LogP contribution in [0.25, 0.3) is 10.1 Å². The third-order valence-corrected chi connectivity index (χ3v) is 3.61. The summed E-state index contributed by atoms with van der Waals surface area (Å²) >= 11 is 5.64. The molecule has 68 valence electrons. The van der Waals surface area contributed by atoms with Crippen LogP contribution in [-0.4, -0.2) is 6.29 Å². The van der Waals surface area contributed by atoms with Gasteiger partial charge in [0.25, 0.3) is 0 Å². The highest BCUT2D eigenvalue weighted by Gasteiger charge is 2.08. The lowest BCUT2D eigenvalue weighted by atomic mass is 10.2. The van der Waals surface area contributed by atoms with Crippen LogP contribution in [0.1, 0.15) is 15.2 Å². The average Bonchev–Trinajstić information content (AvgIpc) is 2.55. The largest absolute Gasteiger partial charge is 0.298 e. The normalized spacial score (nSPS) is 10.0. The van der Waals surface area contributed by atoms with E-state index >= 15 is 0 Å². The molecule has 0 fully saturated rings. The van der Waals surface area contributed by atoms with E-state index in [0.29, 0.717) is 15.3 Å². The summed E-state index contributed by atoms with van der Waals surface area (Å²) in [5.74, 6) is 0. The highest BCUT2D eigenvalue weighted by Crippen LogP contribution is 2.33. The number of carbonyl (C=O) groups excluding carboxylic acids is 1. The standard InChI is InChI=1S/C10H5NOS2/c11-4-9-10(13)7-3-6(5-12)1-2-8(7)14-9/h1-3,5,13H. The number of thiol groups is 1. The van der Waals surface area contributed by atoms with Gasteiger partial charge in [-0.15, -0.1) is 24.0 Å². The highest BCUT2D eigenvalue weighted by molar-refractivity contribution is 7.80. The number of hydrogen-bond donors (Lipinski definition) is 1. The van der Waals surface area contributed by atoms with Gasteiger partial charge in [0.05, 0.1) is 0 Å². The van der Waals surface area contributed by atoms with Gasteiger partial charge in [-0.1, -0.05) is 6.07 Å². The Bertz CT molecular complexity index is 551. The number of fused-ring (bicyclic) bond motifs is 1. The van der Waals surface area contributed by atoms with E-state index in [2.05, 4.69) is 18.7 Å². The Labute approximate surface area is 90.2 Å². The van der Waals surface area contributed by atoms with E-state index in [1.54, 1.807) is 12.1 Å². The molecule has 1 aromatic heterocycles. The van der Waals surface area contributed by atoms with Crippen LogP contribution in [0.5, 0.6) is 0 Å². The summed E-state index contributed by atoms with van der Waals surface area (Å²) in [7, 11) is 0. The molecule has 2 rings (SSSR count). The smallest absolute Gasteiger partial charge is 0.150 e. The zero-order valence-corrected chi connectivity index (χ0v) is 8.73. The molecule has 0 aliphatic heterocycles. The lowest BCUT2D eigenvalue weighted by Gasteiger charge is -1.91. The maximum atomic E-state index is 10.6. The predicted octanol–water partition coefficient (Wildman–Crippen LogP) is 2.87. The lowest BCUT2D eigenvalue weighted by molar-refractivity contribution is 0.112. The van der Waals surface area contributed by atoms with E-state index in [1.165, 1.54) is 11.3 Å². The van der Waals surface area contributed by atoms with Crippen molar-refractivity contribution in [1.29, 1.82) is 5.26 Å². The predicted molar refractivity (Wildman–Crippen MR) is 59.2 cm³/mol. The molecule has 0 saturated heterocycles. The van der Waals surface area contributed by atoms with Gasteiger partial charge in [0, 0.05) is 20.5 Å². The number of benzene rings is 1. The monoisotopic (exact) mass is 219 g/mol. The minimum absolute atomic E-state index is 0.589. The molecule has 0 bridgehead atoms. The summed E-state index contributed by atoms with van der Waals surface area (Å²) in [6.07, 6.45) is 0.788. The summed E-state index contributed by atoms with van der Waals surface area (Å²) in [6.45, 7) is 0. The first-order valence-corrected chi connectivity index (χ1v) is 5.13. The second-order valence-corrected chi connectivity index (χ2v) is 4.26. The minimum atomic E-state index is 0.589. The second kappa shape index (κ2) is 3.45. The number of aldehydes is 1. The van der Waals surface area contributed by atoms with Crippen molar-refractivity contribution >= 4 is 40.3 Å². The topological polar surface area (TPSA) is 40.9 Å². The van der Waals surface area contributed by atoms with Crippen molar-refractivity contribution in [3.05, 3.63) is 28.6 Å². The first-order chi connectivity index (χ1) is 6.76. The minimum Gasteiger partial charge on any atom is -0.298 e. The maximum Gasteiger partial charge on any atom is 0.150 e. The Morgan fingerprint density at radius 3 is 2.93 bits per heavy atom. The van der Waals surface area contributed by atoms with E-state index in [4.69, 9.17) is 5.26 Å². The number of rotatable bonds is 1. The highest BCUT2D eigenvalue weighted by atomic mass is 32.1. The molecule has 0 atom stereocenters. The molecule has 4 heteroatoms. The number of hydrogen-bond acceptors (Lipinski definition) is 4. The van der Waals surface area contributed by atoms with E-state index in [0.717, 1.165) is 16.4 Å². The first-order valence-electron chi connectivity index (χ1n) is 3.87. The molecule has 2 nitrogen and oxygen atoms in total. The van der Waals surface area contributed by atoms with Crippen LogP contribution >= 0.6 is 24.0 Å². The van der Waals surface area contributed by atoms with Gasteiger partial charge in [0.15, 0.2) is 0 Å².